The van der Waals surface area contributed by atoms with Gasteiger partial charge in [-0.1, -0.05) is 13.8 Å². The molecule has 0 saturated heterocycles. The molecule has 0 aliphatic carbocycles. The Morgan fingerprint density at radius 3 is 3.00 bits per heavy atom. The van der Waals surface area contributed by atoms with Crippen LogP contribution in [0.2, 0.25) is 0 Å². The Labute approximate surface area is 126 Å². The quantitative estimate of drug-likeness (QED) is 0.919. The summed E-state index contributed by atoms with van der Waals surface area (Å²) in [5, 5.41) is 12.7. The molecule has 0 amide bonds. The Kier molecular flexibility index (Phi) is 3.99. The number of rotatable bonds is 5. The van der Waals surface area contributed by atoms with Crippen molar-refractivity contribution in [2.45, 2.75) is 52.6 Å². The van der Waals surface area contributed by atoms with Crippen LogP contribution in [-0.2, 0) is 13.0 Å². The average molecular weight is 287 g/mol. The number of aryl methyl sites for hydroxylation is 2. The van der Waals surface area contributed by atoms with E-state index in [1.54, 1.807) is 0 Å². The zero-order chi connectivity index (χ0) is 14.8. The van der Waals surface area contributed by atoms with Gasteiger partial charge in [-0.25, -0.2) is 4.68 Å². The van der Waals surface area contributed by atoms with Gasteiger partial charge in [0.2, 0.25) is 0 Å². The monoisotopic (exact) mass is 287 g/mol. The van der Waals surface area contributed by atoms with Crippen molar-refractivity contribution >= 4 is 5.82 Å². The van der Waals surface area contributed by atoms with Gasteiger partial charge in [-0.3, -0.25) is 4.68 Å². The highest BCUT2D eigenvalue weighted by Crippen LogP contribution is 2.30. The van der Waals surface area contributed by atoms with E-state index in [2.05, 4.69) is 48.1 Å². The Bertz CT molecular complexity index is 596. The second-order valence-electron chi connectivity index (χ2n) is 6.26. The highest BCUT2D eigenvalue weighted by atomic mass is 15.4. The van der Waals surface area contributed by atoms with Crippen LogP contribution in [0.3, 0.4) is 0 Å². The standard InChI is InChI=1S/C16H25N5/c1-4-20-11-13(10-18-20)15-7-8-17-16-9-14(19-21(15)16)6-5-12(2)3/h9-12,15,17H,4-8H2,1-3H3. The van der Waals surface area contributed by atoms with E-state index in [9.17, 15) is 0 Å². The number of hydrogen-bond acceptors (Lipinski definition) is 3. The van der Waals surface area contributed by atoms with E-state index < -0.39 is 0 Å². The molecule has 3 rings (SSSR count). The van der Waals surface area contributed by atoms with Gasteiger partial charge in [-0.05, 0) is 32.1 Å². The van der Waals surface area contributed by atoms with Crippen molar-refractivity contribution in [1.29, 1.82) is 0 Å². The van der Waals surface area contributed by atoms with Gasteiger partial charge in [-0.2, -0.15) is 10.2 Å². The topological polar surface area (TPSA) is 47.7 Å². The van der Waals surface area contributed by atoms with Crippen molar-refractivity contribution in [2.24, 2.45) is 5.92 Å². The second-order valence-corrected chi connectivity index (χ2v) is 6.26. The number of aromatic nitrogens is 4. The lowest BCUT2D eigenvalue weighted by atomic mass is 10.1. The summed E-state index contributed by atoms with van der Waals surface area (Å²) in [5.74, 6) is 1.87. The molecule has 21 heavy (non-hydrogen) atoms. The lowest BCUT2D eigenvalue weighted by molar-refractivity contribution is 0.474. The molecule has 0 aromatic carbocycles. The fourth-order valence-electron chi connectivity index (χ4n) is 2.87. The van der Waals surface area contributed by atoms with Gasteiger partial charge in [0.05, 0.1) is 17.9 Å². The summed E-state index contributed by atoms with van der Waals surface area (Å²) < 4.78 is 4.14. The van der Waals surface area contributed by atoms with Gasteiger partial charge in [-0.15, -0.1) is 0 Å². The Hall–Kier alpha value is -1.78. The maximum Gasteiger partial charge on any atom is 0.125 e. The van der Waals surface area contributed by atoms with Crippen LogP contribution in [0, 0.1) is 5.92 Å². The van der Waals surface area contributed by atoms with Crippen LogP contribution in [0.15, 0.2) is 18.5 Å². The van der Waals surface area contributed by atoms with Crippen LogP contribution in [0.1, 0.15) is 50.9 Å². The summed E-state index contributed by atoms with van der Waals surface area (Å²) in [7, 11) is 0. The van der Waals surface area contributed by atoms with Crippen LogP contribution in [0.25, 0.3) is 0 Å². The van der Waals surface area contributed by atoms with Crippen LogP contribution in [0.4, 0.5) is 5.82 Å². The van der Waals surface area contributed by atoms with Crippen molar-refractivity contribution in [2.75, 3.05) is 11.9 Å². The number of anilines is 1. The van der Waals surface area contributed by atoms with E-state index in [1.165, 1.54) is 17.7 Å². The van der Waals surface area contributed by atoms with Gasteiger partial charge in [0.15, 0.2) is 0 Å². The smallest absolute Gasteiger partial charge is 0.125 e. The van der Waals surface area contributed by atoms with E-state index in [0.29, 0.717) is 6.04 Å². The molecule has 2 aromatic heterocycles. The summed E-state index contributed by atoms with van der Waals surface area (Å²) in [6, 6.07) is 2.52. The van der Waals surface area contributed by atoms with Gasteiger partial charge in [0.25, 0.3) is 0 Å². The summed E-state index contributed by atoms with van der Waals surface area (Å²) in [4.78, 5) is 0. The van der Waals surface area contributed by atoms with Gasteiger partial charge < -0.3 is 5.32 Å². The zero-order valence-electron chi connectivity index (χ0n) is 13.2. The minimum atomic E-state index is 0.314. The van der Waals surface area contributed by atoms with Crippen molar-refractivity contribution in [1.82, 2.24) is 19.6 Å². The summed E-state index contributed by atoms with van der Waals surface area (Å²) >= 11 is 0. The van der Waals surface area contributed by atoms with Gasteiger partial charge in [0, 0.05) is 30.9 Å². The predicted octanol–water partition coefficient (Wildman–Crippen LogP) is 3.09. The van der Waals surface area contributed by atoms with Crippen molar-refractivity contribution in [3.05, 3.63) is 29.7 Å². The molecule has 1 unspecified atom stereocenters. The Morgan fingerprint density at radius 2 is 2.29 bits per heavy atom. The molecule has 1 atom stereocenters. The first kappa shape index (κ1) is 14.2. The average Bonchev–Trinajstić information content (AvgIpc) is 3.10. The highest BCUT2D eigenvalue weighted by Gasteiger charge is 2.24. The summed E-state index contributed by atoms with van der Waals surface area (Å²) in [6.07, 6.45) is 7.44. The third kappa shape index (κ3) is 2.96. The minimum absolute atomic E-state index is 0.314. The lowest BCUT2D eigenvalue weighted by Gasteiger charge is -2.24. The van der Waals surface area contributed by atoms with Gasteiger partial charge in [0.1, 0.15) is 5.82 Å². The molecule has 1 aliphatic rings. The third-order valence-corrected chi connectivity index (χ3v) is 4.15. The van der Waals surface area contributed by atoms with Crippen molar-refractivity contribution < 1.29 is 0 Å². The molecule has 0 saturated carbocycles. The maximum atomic E-state index is 4.83. The van der Waals surface area contributed by atoms with Gasteiger partial charge >= 0.3 is 0 Å². The number of nitrogens with zero attached hydrogens (tertiary/aromatic N) is 4. The molecule has 0 spiro atoms. The molecule has 2 aromatic rings. The lowest BCUT2D eigenvalue weighted by Crippen LogP contribution is -2.24. The normalized spacial score (nSPS) is 17.8. The fourth-order valence-corrected chi connectivity index (χ4v) is 2.87. The SMILES string of the molecule is CCn1cc(C2CCNc3cc(CCC(C)C)nn32)cn1. The van der Waals surface area contributed by atoms with Crippen LogP contribution < -0.4 is 5.32 Å². The fraction of sp³-hybridized carbons (Fsp3) is 0.625. The highest BCUT2D eigenvalue weighted by molar-refractivity contribution is 5.41. The molecule has 0 fully saturated rings. The third-order valence-electron chi connectivity index (χ3n) is 4.15. The molecular weight excluding hydrogens is 262 g/mol. The van der Waals surface area contributed by atoms with Crippen LogP contribution in [0.5, 0.6) is 0 Å². The second kappa shape index (κ2) is 5.92. The molecule has 1 aliphatic heterocycles. The molecule has 5 nitrogen and oxygen atoms in total. The zero-order valence-corrected chi connectivity index (χ0v) is 13.2. The van der Waals surface area contributed by atoms with E-state index in [0.717, 1.165) is 37.7 Å². The van der Waals surface area contributed by atoms with E-state index >= 15 is 0 Å². The summed E-state index contributed by atoms with van der Waals surface area (Å²) in [6.45, 7) is 8.54. The van der Waals surface area contributed by atoms with Crippen LogP contribution in [-0.4, -0.2) is 26.1 Å². The molecule has 3 heterocycles. The van der Waals surface area contributed by atoms with Crippen LogP contribution >= 0.6 is 0 Å². The van der Waals surface area contributed by atoms with Crippen molar-refractivity contribution in [3.63, 3.8) is 0 Å². The first-order valence-corrected chi connectivity index (χ1v) is 8.02. The molecule has 114 valence electrons. The number of nitrogens with one attached hydrogen (secondary N) is 1. The first-order valence-electron chi connectivity index (χ1n) is 8.02. The molecule has 0 bridgehead atoms. The number of fused-ring (bicyclic) bond motifs is 1. The Balaban J connectivity index is 1.83. The van der Waals surface area contributed by atoms with Crippen molar-refractivity contribution in [3.8, 4) is 0 Å². The predicted molar refractivity (Wildman–Crippen MR) is 84.5 cm³/mol. The van der Waals surface area contributed by atoms with E-state index in [1.807, 2.05) is 10.9 Å². The summed E-state index contributed by atoms with van der Waals surface area (Å²) in [5.41, 5.74) is 2.46. The molecule has 1 N–H and O–H groups in total. The molecule has 5 heteroatoms. The largest absolute Gasteiger partial charge is 0.370 e. The first-order chi connectivity index (χ1) is 10.2. The minimum Gasteiger partial charge on any atom is -0.370 e. The molecular formula is C16H25N5. The maximum absolute atomic E-state index is 4.83. The van der Waals surface area contributed by atoms with E-state index in [4.69, 9.17) is 5.10 Å². The van der Waals surface area contributed by atoms with E-state index in [-0.39, 0.29) is 0 Å². The number of hydrogen-bond donors (Lipinski definition) is 1. The molecule has 0 radical (unpaired) electrons. The Morgan fingerprint density at radius 1 is 1.43 bits per heavy atom.